The van der Waals surface area contributed by atoms with Gasteiger partial charge >= 0.3 is 11.9 Å². The van der Waals surface area contributed by atoms with E-state index in [1.54, 1.807) is 12.1 Å². The van der Waals surface area contributed by atoms with Crippen molar-refractivity contribution in [1.82, 2.24) is 5.06 Å². The smallest absolute Gasteiger partial charge is 0.335 e. The fourth-order valence-electron chi connectivity index (χ4n) is 3.85. The van der Waals surface area contributed by atoms with Gasteiger partial charge in [0.15, 0.2) is 0 Å². The molecular weight excluding hydrogens is 358 g/mol. The van der Waals surface area contributed by atoms with E-state index >= 15 is 0 Å². The molecule has 0 spiro atoms. The Morgan fingerprint density at radius 3 is 2.25 bits per heavy atom. The third-order valence-corrected chi connectivity index (χ3v) is 5.49. The average molecular weight is 383 g/mol. The van der Waals surface area contributed by atoms with Crippen LogP contribution in [0.1, 0.15) is 36.8 Å². The second kappa shape index (κ2) is 8.44. The van der Waals surface area contributed by atoms with Crippen LogP contribution in [-0.4, -0.2) is 40.3 Å². The molecular formula is C22H25NO5. The molecule has 148 valence electrons. The highest BCUT2D eigenvalue weighted by molar-refractivity contribution is 5.84. The van der Waals surface area contributed by atoms with Gasteiger partial charge in [0.2, 0.25) is 0 Å². The van der Waals surface area contributed by atoms with Crippen LogP contribution in [0.25, 0.3) is 0 Å². The molecule has 6 nitrogen and oxygen atoms in total. The number of hydroxylamine groups is 2. The number of benzene rings is 2. The van der Waals surface area contributed by atoms with Crippen molar-refractivity contribution in [2.24, 2.45) is 0 Å². The van der Waals surface area contributed by atoms with Gasteiger partial charge in [-0.25, -0.2) is 4.79 Å². The molecule has 0 heterocycles. The number of phenolic OH excluding ortho intramolecular Hbond substituents is 1. The first-order valence-corrected chi connectivity index (χ1v) is 9.44. The summed E-state index contributed by atoms with van der Waals surface area (Å²) < 4.78 is 0. The first-order chi connectivity index (χ1) is 13.4. The van der Waals surface area contributed by atoms with E-state index in [0.717, 1.165) is 29.0 Å². The molecule has 2 aromatic carbocycles. The van der Waals surface area contributed by atoms with Crippen molar-refractivity contribution in [3.8, 4) is 5.75 Å². The van der Waals surface area contributed by atoms with Gasteiger partial charge in [0.05, 0.1) is 5.41 Å². The molecule has 0 saturated heterocycles. The summed E-state index contributed by atoms with van der Waals surface area (Å²) in [6, 6.07) is 14.9. The van der Waals surface area contributed by atoms with E-state index in [1.807, 2.05) is 30.3 Å². The summed E-state index contributed by atoms with van der Waals surface area (Å²) in [7, 11) is 1.48. The van der Waals surface area contributed by atoms with Gasteiger partial charge in [-0.05, 0) is 36.1 Å². The minimum absolute atomic E-state index is 0.112. The predicted molar refractivity (Wildman–Crippen MR) is 104 cm³/mol. The molecule has 1 aliphatic rings. The van der Waals surface area contributed by atoms with Gasteiger partial charge in [-0.3, -0.25) is 4.79 Å². The Bertz CT molecular complexity index is 813. The Balaban J connectivity index is 1.76. The van der Waals surface area contributed by atoms with Crippen molar-refractivity contribution in [3.05, 3.63) is 65.7 Å². The standard InChI is InChI=1S/C22H25NO5/c1-23(19(20(25)26)15-16-9-11-18(24)12-10-16)28-21(27)22(13-5-6-14-22)17-7-3-2-4-8-17/h2-4,7-12,19,24H,5-6,13-15H2,1H3,(H,25,26)/t19-/m0/s1. The highest BCUT2D eigenvalue weighted by Gasteiger charge is 2.45. The lowest BCUT2D eigenvalue weighted by Gasteiger charge is -2.31. The Morgan fingerprint density at radius 1 is 1.07 bits per heavy atom. The van der Waals surface area contributed by atoms with E-state index in [9.17, 15) is 19.8 Å². The summed E-state index contributed by atoms with van der Waals surface area (Å²) in [6.07, 6.45) is 3.41. The quantitative estimate of drug-likeness (QED) is 0.714. The second-order valence-electron chi connectivity index (χ2n) is 7.30. The SMILES string of the molecule is CN(OC(=O)C1(c2ccccc2)CCCC1)[C@@H](Cc1ccc(O)cc1)C(=O)O. The predicted octanol–water partition coefficient (Wildman–Crippen LogP) is 3.29. The van der Waals surface area contributed by atoms with Gasteiger partial charge < -0.3 is 15.1 Å². The number of aliphatic carboxylic acids is 1. The molecule has 1 saturated carbocycles. The minimum atomic E-state index is -1.08. The first-order valence-electron chi connectivity index (χ1n) is 9.44. The van der Waals surface area contributed by atoms with E-state index in [-0.39, 0.29) is 12.2 Å². The molecule has 0 amide bonds. The molecule has 1 aliphatic carbocycles. The summed E-state index contributed by atoms with van der Waals surface area (Å²) in [6.45, 7) is 0. The molecule has 0 aliphatic heterocycles. The van der Waals surface area contributed by atoms with Gasteiger partial charge in [0.1, 0.15) is 11.8 Å². The first kappa shape index (κ1) is 19.9. The molecule has 0 bridgehead atoms. The molecule has 3 rings (SSSR count). The van der Waals surface area contributed by atoms with Crippen molar-refractivity contribution in [2.75, 3.05) is 7.05 Å². The van der Waals surface area contributed by atoms with Crippen LogP contribution >= 0.6 is 0 Å². The molecule has 0 aromatic heterocycles. The van der Waals surface area contributed by atoms with Crippen LogP contribution in [-0.2, 0) is 26.3 Å². The Hall–Kier alpha value is -2.86. The van der Waals surface area contributed by atoms with Crippen LogP contribution in [0.4, 0.5) is 0 Å². The number of phenols is 1. The van der Waals surface area contributed by atoms with Gasteiger partial charge in [0.25, 0.3) is 0 Å². The molecule has 1 fully saturated rings. The largest absolute Gasteiger partial charge is 0.508 e. The lowest BCUT2D eigenvalue weighted by Crippen LogP contribution is -2.45. The van der Waals surface area contributed by atoms with Crippen LogP contribution in [0.2, 0.25) is 0 Å². The number of rotatable bonds is 7. The maximum absolute atomic E-state index is 13.1. The van der Waals surface area contributed by atoms with Gasteiger partial charge in [-0.15, -0.1) is 5.06 Å². The zero-order chi connectivity index (χ0) is 20.1. The number of likely N-dealkylation sites (N-methyl/N-ethyl adjacent to an activating group) is 1. The Kier molecular flexibility index (Phi) is 5.99. The van der Waals surface area contributed by atoms with Gasteiger partial charge in [-0.2, -0.15) is 0 Å². The van der Waals surface area contributed by atoms with Crippen molar-refractivity contribution < 1.29 is 24.6 Å². The number of aromatic hydroxyl groups is 1. The van der Waals surface area contributed by atoms with Crippen molar-refractivity contribution in [2.45, 2.75) is 43.6 Å². The van der Waals surface area contributed by atoms with Crippen molar-refractivity contribution >= 4 is 11.9 Å². The van der Waals surface area contributed by atoms with E-state index in [2.05, 4.69) is 0 Å². The highest BCUT2D eigenvalue weighted by atomic mass is 16.7. The van der Waals surface area contributed by atoms with Crippen LogP contribution in [0.5, 0.6) is 5.75 Å². The number of hydrogen-bond acceptors (Lipinski definition) is 5. The fraction of sp³-hybridized carbons (Fsp3) is 0.364. The number of carboxylic acids is 1. The van der Waals surface area contributed by atoms with Crippen LogP contribution in [0.3, 0.4) is 0 Å². The minimum Gasteiger partial charge on any atom is -0.508 e. The summed E-state index contributed by atoms with van der Waals surface area (Å²) in [5.41, 5.74) is 0.917. The maximum Gasteiger partial charge on any atom is 0.335 e. The monoisotopic (exact) mass is 383 g/mol. The zero-order valence-corrected chi connectivity index (χ0v) is 15.9. The lowest BCUT2D eigenvalue weighted by atomic mass is 9.79. The summed E-state index contributed by atoms with van der Waals surface area (Å²) in [4.78, 5) is 30.5. The number of carboxylic acid groups (broad SMARTS) is 1. The highest BCUT2D eigenvalue weighted by Crippen LogP contribution is 2.42. The fourth-order valence-corrected chi connectivity index (χ4v) is 3.85. The maximum atomic E-state index is 13.1. The summed E-state index contributed by atoms with van der Waals surface area (Å²) in [5, 5.41) is 20.2. The topological polar surface area (TPSA) is 87.1 Å². The molecule has 28 heavy (non-hydrogen) atoms. The number of hydrogen-bond donors (Lipinski definition) is 2. The summed E-state index contributed by atoms with van der Waals surface area (Å²) >= 11 is 0. The van der Waals surface area contributed by atoms with Crippen LogP contribution in [0.15, 0.2) is 54.6 Å². The average Bonchev–Trinajstić information content (AvgIpc) is 3.19. The van der Waals surface area contributed by atoms with Gasteiger partial charge in [-0.1, -0.05) is 55.3 Å². The Morgan fingerprint density at radius 2 is 1.68 bits per heavy atom. The molecule has 2 N–H and O–H groups in total. The third kappa shape index (κ3) is 4.17. The number of carbonyl (C=O) groups excluding carboxylic acids is 1. The second-order valence-corrected chi connectivity index (χ2v) is 7.30. The van der Waals surface area contributed by atoms with E-state index < -0.39 is 23.4 Å². The van der Waals surface area contributed by atoms with E-state index in [1.165, 1.54) is 19.2 Å². The van der Waals surface area contributed by atoms with Crippen molar-refractivity contribution in [3.63, 3.8) is 0 Å². The molecule has 0 radical (unpaired) electrons. The normalized spacial score (nSPS) is 16.6. The third-order valence-electron chi connectivity index (χ3n) is 5.49. The number of carbonyl (C=O) groups is 2. The van der Waals surface area contributed by atoms with E-state index in [4.69, 9.17) is 4.84 Å². The number of nitrogens with zero attached hydrogens (tertiary/aromatic N) is 1. The molecule has 1 atom stereocenters. The molecule has 2 aromatic rings. The molecule has 0 unspecified atom stereocenters. The van der Waals surface area contributed by atoms with Crippen molar-refractivity contribution in [1.29, 1.82) is 0 Å². The van der Waals surface area contributed by atoms with E-state index in [0.29, 0.717) is 12.8 Å². The van der Waals surface area contributed by atoms with Crippen LogP contribution in [0, 0.1) is 0 Å². The Labute approximate surface area is 164 Å². The summed E-state index contributed by atoms with van der Waals surface area (Å²) in [5.74, 6) is -1.37. The van der Waals surface area contributed by atoms with Gasteiger partial charge in [0, 0.05) is 13.5 Å². The zero-order valence-electron chi connectivity index (χ0n) is 15.9. The lowest BCUT2D eigenvalue weighted by molar-refractivity contribution is -0.205. The van der Waals surface area contributed by atoms with Crippen LogP contribution < -0.4 is 0 Å². The molecule has 6 heteroatoms.